The summed E-state index contributed by atoms with van der Waals surface area (Å²) in [5, 5.41) is 0. The normalized spacial score (nSPS) is 10.3. The van der Waals surface area contributed by atoms with Crippen molar-refractivity contribution in [1.82, 2.24) is 4.90 Å². The van der Waals surface area contributed by atoms with Crippen LogP contribution in [0.4, 0.5) is 10.5 Å². The molecule has 0 aliphatic rings. The summed E-state index contributed by atoms with van der Waals surface area (Å²) < 4.78 is 0. The first kappa shape index (κ1) is 16.8. The molecule has 0 aromatic heterocycles. The lowest BCUT2D eigenvalue weighted by atomic mass is 10.2. The lowest BCUT2D eigenvalue weighted by Crippen LogP contribution is -2.40. The van der Waals surface area contributed by atoms with Gasteiger partial charge in [-0.3, -0.25) is 4.90 Å². The lowest BCUT2D eigenvalue weighted by Gasteiger charge is -2.28. The predicted octanol–water partition coefficient (Wildman–Crippen LogP) is 4.95. The van der Waals surface area contributed by atoms with Gasteiger partial charge in [-0.15, -0.1) is 0 Å². The zero-order chi connectivity index (χ0) is 17.5. The molecule has 3 aromatic carbocycles. The maximum Gasteiger partial charge on any atom is 0.324 e. The SMILES string of the molecule is CN(Cc1ccccc1)C(=O)N(Cc1ccccc1)c1ccccc1. The van der Waals surface area contributed by atoms with Gasteiger partial charge in [-0.25, -0.2) is 4.79 Å². The highest BCUT2D eigenvalue weighted by Gasteiger charge is 2.20. The van der Waals surface area contributed by atoms with Crippen molar-refractivity contribution >= 4 is 11.7 Å². The predicted molar refractivity (Wildman–Crippen MR) is 102 cm³/mol. The summed E-state index contributed by atoms with van der Waals surface area (Å²) in [6.45, 7) is 1.13. The van der Waals surface area contributed by atoms with Crippen molar-refractivity contribution in [3.63, 3.8) is 0 Å². The smallest absolute Gasteiger partial charge is 0.323 e. The Morgan fingerprint density at radius 3 is 1.64 bits per heavy atom. The number of carbonyl (C=O) groups is 1. The third-order valence-corrected chi connectivity index (χ3v) is 4.07. The molecule has 0 bridgehead atoms. The minimum absolute atomic E-state index is 0.0149. The van der Waals surface area contributed by atoms with Crippen LogP contribution in [0.3, 0.4) is 0 Å². The highest BCUT2D eigenvalue weighted by molar-refractivity contribution is 5.91. The van der Waals surface area contributed by atoms with Crippen molar-refractivity contribution in [2.45, 2.75) is 13.1 Å². The molecule has 25 heavy (non-hydrogen) atoms. The standard InChI is InChI=1S/C22H22N2O/c1-23(17-19-11-5-2-6-12-19)22(25)24(21-15-9-4-10-16-21)18-20-13-7-3-8-14-20/h2-16H,17-18H2,1H3. The van der Waals surface area contributed by atoms with E-state index in [9.17, 15) is 4.79 Å². The Labute approximate surface area is 149 Å². The number of anilines is 1. The van der Waals surface area contributed by atoms with Gasteiger partial charge in [-0.05, 0) is 23.3 Å². The van der Waals surface area contributed by atoms with E-state index in [4.69, 9.17) is 0 Å². The van der Waals surface area contributed by atoms with Crippen LogP contribution in [0.1, 0.15) is 11.1 Å². The van der Waals surface area contributed by atoms with Gasteiger partial charge in [-0.2, -0.15) is 0 Å². The fourth-order valence-electron chi connectivity index (χ4n) is 2.77. The molecule has 0 saturated carbocycles. The van der Waals surface area contributed by atoms with E-state index < -0.39 is 0 Å². The Balaban J connectivity index is 1.81. The number of hydrogen-bond acceptors (Lipinski definition) is 1. The van der Waals surface area contributed by atoms with Crippen molar-refractivity contribution in [3.05, 3.63) is 102 Å². The third kappa shape index (κ3) is 4.48. The first-order chi connectivity index (χ1) is 12.2. The third-order valence-electron chi connectivity index (χ3n) is 4.07. The number of rotatable bonds is 5. The van der Waals surface area contributed by atoms with Gasteiger partial charge in [0.15, 0.2) is 0 Å². The first-order valence-electron chi connectivity index (χ1n) is 8.39. The van der Waals surface area contributed by atoms with E-state index in [1.54, 1.807) is 4.90 Å². The zero-order valence-corrected chi connectivity index (χ0v) is 14.4. The maximum atomic E-state index is 13.1. The summed E-state index contributed by atoms with van der Waals surface area (Å²) in [6, 6.07) is 29.9. The van der Waals surface area contributed by atoms with Gasteiger partial charge in [0, 0.05) is 19.3 Å². The van der Waals surface area contributed by atoms with Crippen molar-refractivity contribution in [2.24, 2.45) is 0 Å². The summed E-state index contributed by atoms with van der Waals surface area (Å²) >= 11 is 0. The van der Waals surface area contributed by atoms with E-state index >= 15 is 0 Å². The highest BCUT2D eigenvalue weighted by atomic mass is 16.2. The van der Waals surface area contributed by atoms with Gasteiger partial charge in [0.2, 0.25) is 0 Å². The Bertz CT molecular complexity index is 788. The van der Waals surface area contributed by atoms with Crippen molar-refractivity contribution in [3.8, 4) is 0 Å². The molecular formula is C22H22N2O. The molecule has 0 unspecified atom stereocenters. The molecule has 2 amide bonds. The average molecular weight is 330 g/mol. The molecule has 3 heteroatoms. The van der Waals surface area contributed by atoms with E-state index in [2.05, 4.69) is 0 Å². The maximum absolute atomic E-state index is 13.1. The summed E-state index contributed by atoms with van der Waals surface area (Å²) in [7, 11) is 1.84. The van der Waals surface area contributed by atoms with Gasteiger partial charge < -0.3 is 4.90 Å². The summed E-state index contributed by atoms with van der Waals surface area (Å²) in [6.07, 6.45) is 0. The van der Waals surface area contributed by atoms with Gasteiger partial charge in [0.1, 0.15) is 0 Å². The Hall–Kier alpha value is -3.07. The molecular weight excluding hydrogens is 308 g/mol. The Kier molecular flexibility index (Phi) is 5.47. The average Bonchev–Trinajstić information content (AvgIpc) is 2.68. The van der Waals surface area contributed by atoms with Crippen LogP contribution in [0.25, 0.3) is 0 Å². The van der Waals surface area contributed by atoms with Crippen LogP contribution in [0.2, 0.25) is 0 Å². The highest BCUT2D eigenvalue weighted by Crippen LogP contribution is 2.19. The van der Waals surface area contributed by atoms with Crippen molar-refractivity contribution in [2.75, 3.05) is 11.9 Å². The van der Waals surface area contributed by atoms with Gasteiger partial charge in [0.05, 0.1) is 6.54 Å². The number of urea groups is 1. The molecule has 0 atom stereocenters. The monoisotopic (exact) mass is 330 g/mol. The molecule has 126 valence electrons. The van der Waals surface area contributed by atoms with Crippen LogP contribution < -0.4 is 4.90 Å². The van der Waals surface area contributed by atoms with Crippen LogP contribution in [0.5, 0.6) is 0 Å². The van der Waals surface area contributed by atoms with E-state index in [-0.39, 0.29) is 6.03 Å². The number of carbonyl (C=O) groups excluding carboxylic acids is 1. The molecule has 0 radical (unpaired) electrons. The number of benzene rings is 3. The van der Waals surface area contributed by atoms with Gasteiger partial charge in [0.25, 0.3) is 0 Å². The zero-order valence-electron chi connectivity index (χ0n) is 14.4. The molecule has 0 N–H and O–H groups in total. The van der Waals surface area contributed by atoms with Crippen molar-refractivity contribution < 1.29 is 4.79 Å². The summed E-state index contributed by atoms with van der Waals surface area (Å²) in [5.41, 5.74) is 3.12. The van der Waals surface area contributed by atoms with E-state index in [1.807, 2.05) is 103 Å². The minimum Gasteiger partial charge on any atom is -0.323 e. The molecule has 3 aromatic rings. The second-order valence-corrected chi connectivity index (χ2v) is 6.03. The lowest BCUT2D eigenvalue weighted by molar-refractivity contribution is 0.213. The van der Waals surface area contributed by atoms with Crippen LogP contribution in [-0.4, -0.2) is 18.0 Å². The molecule has 0 aliphatic carbocycles. The number of para-hydroxylation sites is 1. The number of amides is 2. The first-order valence-corrected chi connectivity index (χ1v) is 8.39. The van der Waals surface area contributed by atoms with Crippen LogP contribution in [0, 0.1) is 0 Å². The second-order valence-electron chi connectivity index (χ2n) is 6.03. The van der Waals surface area contributed by atoms with Crippen LogP contribution in [0.15, 0.2) is 91.0 Å². The van der Waals surface area contributed by atoms with E-state index in [0.29, 0.717) is 13.1 Å². The molecule has 3 nitrogen and oxygen atoms in total. The molecule has 0 heterocycles. The molecule has 3 rings (SSSR count). The topological polar surface area (TPSA) is 23.6 Å². The van der Waals surface area contributed by atoms with Gasteiger partial charge in [-0.1, -0.05) is 78.9 Å². The fourth-order valence-corrected chi connectivity index (χ4v) is 2.77. The molecule has 0 fully saturated rings. The summed E-state index contributed by atoms with van der Waals surface area (Å²) in [4.78, 5) is 16.7. The second kappa shape index (κ2) is 8.15. The minimum atomic E-state index is -0.0149. The Morgan fingerprint density at radius 2 is 1.12 bits per heavy atom. The molecule has 0 aliphatic heterocycles. The number of nitrogens with zero attached hydrogens (tertiary/aromatic N) is 2. The number of hydrogen-bond donors (Lipinski definition) is 0. The molecule has 0 saturated heterocycles. The van der Waals surface area contributed by atoms with Gasteiger partial charge >= 0.3 is 6.03 Å². The molecule has 0 spiro atoms. The van der Waals surface area contributed by atoms with E-state index in [1.165, 1.54) is 0 Å². The Morgan fingerprint density at radius 1 is 0.680 bits per heavy atom. The van der Waals surface area contributed by atoms with Crippen LogP contribution >= 0.6 is 0 Å². The van der Waals surface area contributed by atoms with E-state index in [0.717, 1.165) is 16.8 Å². The fraction of sp³-hybridized carbons (Fsp3) is 0.136. The quantitative estimate of drug-likeness (QED) is 0.649. The van der Waals surface area contributed by atoms with Crippen LogP contribution in [-0.2, 0) is 13.1 Å². The van der Waals surface area contributed by atoms with Crippen molar-refractivity contribution in [1.29, 1.82) is 0 Å². The summed E-state index contributed by atoms with van der Waals surface area (Å²) in [5.74, 6) is 0. The largest absolute Gasteiger partial charge is 0.324 e.